The summed E-state index contributed by atoms with van der Waals surface area (Å²) in [5.41, 5.74) is 14.2. The molecule has 0 amide bonds. The van der Waals surface area contributed by atoms with Crippen LogP contribution in [0.1, 0.15) is 0 Å². The van der Waals surface area contributed by atoms with Crippen LogP contribution in [-0.4, -0.2) is 17.2 Å². The highest BCUT2D eigenvalue weighted by molar-refractivity contribution is 7.20. The van der Waals surface area contributed by atoms with Crippen molar-refractivity contribution in [3.05, 3.63) is 279 Å². The van der Waals surface area contributed by atoms with E-state index in [1.165, 1.54) is 92.2 Å². The number of nitrogens with zero attached hydrogens (tertiary/aromatic N) is 2. The standard InChI is InChI=1S/C66H46N2Si/c1-6-22-47(23-7-1)49-26-18-27-50(44-49)51-28-19-29-52(45-51)67-61-43-42-53(46-59(61)65-57(37-20-39-62(65)67)48-24-8-2-9-25-48)68-60-38-17-16-36-58(60)66-63(68)40-21-41-64(66)69(54-30-10-3-11-31-54,55-32-12-4-13-33-55)56-34-14-5-15-35-56/h1-46H. The monoisotopic (exact) mass is 894 g/mol. The molecule has 0 bridgehead atoms. The van der Waals surface area contributed by atoms with Crippen LogP contribution in [0.4, 0.5) is 0 Å². The van der Waals surface area contributed by atoms with Gasteiger partial charge in [0.15, 0.2) is 8.07 Å². The molecule has 0 saturated heterocycles. The molecule has 0 spiro atoms. The van der Waals surface area contributed by atoms with Gasteiger partial charge in [0, 0.05) is 32.9 Å². The third-order valence-electron chi connectivity index (χ3n) is 14.2. The second kappa shape index (κ2) is 16.8. The molecule has 0 radical (unpaired) electrons. The zero-order valence-corrected chi connectivity index (χ0v) is 39.0. The van der Waals surface area contributed by atoms with Crippen molar-refractivity contribution in [2.75, 3.05) is 0 Å². The van der Waals surface area contributed by atoms with Gasteiger partial charge in [0.25, 0.3) is 0 Å². The Bertz CT molecular complexity index is 3890. The minimum atomic E-state index is -2.89. The van der Waals surface area contributed by atoms with Crippen LogP contribution in [0.25, 0.3) is 88.4 Å². The summed E-state index contributed by atoms with van der Waals surface area (Å²) in [6, 6.07) is 103. The minimum absolute atomic E-state index is 1.13. The van der Waals surface area contributed by atoms with E-state index in [0.717, 1.165) is 16.9 Å². The van der Waals surface area contributed by atoms with Gasteiger partial charge in [-0.05, 0) is 109 Å². The summed E-state index contributed by atoms with van der Waals surface area (Å²) in [4.78, 5) is 0. The number of hydrogen-bond donors (Lipinski definition) is 0. The number of aromatic nitrogens is 2. The number of hydrogen-bond acceptors (Lipinski definition) is 0. The summed E-state index contributed by atoms with van der Waals surface area (Å²) in [7, 11) is -2.89. The highest BCUT2D eigenvalue weighted by Gasteiger charge is 2.43. The Morgan fingerprint density at radius 3 is 1.32 bits per heavy atom. The SMILES string of the molecule is c1ccc(-c2cccc(-c3cccc(-n4c5ccc(-n6c7ccccc7c7c([Si](c8ccccc8)(c8ccccc8)c8ccccc8)cccc76)cc5c5c(-c6ccccc6)cccc54)c3)c2)cc1. The molecular weight excluding hydrogens is 849 g/mol. The zero-order chi connectivity index (χ0) is 45.7. The summed E-state index contributed by atoms with van der Waals surface area (Å²) < 4.78 is 4.98. The van der Waals surface area contributed by atoms with Crippen molar-refractivity contribution in [2.45, 2.75) is 0 Å². The van der Waals surface area contributed by atoms with Crippen LogP contribution in [0, 0.1) is 0 Å². The number of fused-ring (bicyclic) bond motifs is 6. The van der Waals surface area contributed by atoms with Gasteiger partial charge in [-0.1, -0.05) is 224 Å². The molecular formula is C66H46N2Si. The molecule has 0 fully saturated rings. The largest absolute Gasteiger partial charge is 0.309 e. The van der Waals surface area contributed by atoms with E-state index in [4.69, 9.17) is 0 Å². The quantitative estimate of drug-likeness (QED) is 0.101. The second-order valence-electron chi connectivity index (χ2n) is 18.0. The van der Waals surface area contributed by atoms with E-state index in [2.05, 4.69) is 288 Å². The maximum Gasteiger partial charge on any atom is 0.180 e. The van der Waals surface area contributed by atoms with Gasteiger partial charge in [0.2, 0.25) is 0 Å². The molecule has 2 heterocycles. The van der Waals surface area contributed by atoms with Gasteiger partial charge >= 0.3 is 0 Å². The summed E-state index contributed by atoms with van der Waals surface area (Å²) in [6.45, 7) is 0. The molecule has 2 nitrogen and oxygen atoms in total. The molecule has 2 aromatic heterocycles. The van der Waals surface area contributed by atoms with Crippen molar-refractivity contribution in [1.82, 2.24) is 9.13 Å². The Morgan fingerprint density at radius 1 is 0.246 bits per heavy atom. The van der Waals surface area contributed by atoms with Crippen molar-refractivity contribution in [2.24, 2.45) is 0 Å². The molecule has 0 unspecified atom stereocenters. The topological polar surface area (TPSA) is 9.86 Å². The van der Waals surface area contributed by atoms with E-state index >= 15 is 0 Å². The zero-order valence-electron chi connectivity index (χ0n) is 38.0. The molecule has 324 valence electrons. The molecule has 13 aromatic rings. The third kappa shape index (κ3) is 6.62. The first-order valence-corrected chi connectivity index (χ1v) is 25.8. The smallest absolute Gasteiger partial charge is 0.180 e. The molecule has 13 rings (SSSR count). The maximum atomic E-state index is 2.52. The van der Waals surface area contributed by atoms with Crippen molar-refractivity contribution < 1.29 is 0 Å². The van der Waals surface area contributed by atoms with E-state index in [1.807, 2.05) is 0 Å². The number of benzene rings is 11. The Labute approximate surface area is 403 Å². The highest BCUT2D eigenvalue weighted by Crippen LogP contribution is 2.41. The van der Waals surface area contributed by atoms with E-state index < -0.39 is 8.07 Å². The molecule has 3 heteroatoms. The fourth-order valence-corrected chi connectivity index (χ4v) is 16.3. The van der Waals surface area contributed by atoms with Crippen molar-refractivity contribution in [3.63, 3.8) is 0 Å². The molecule has 0 aliphatic carbocycles. The average Bonchev–Trinajstić information content (AvgIpc) is 3.96. The average molecular weight is 895 g/mol. The Balaban J connectivity index is 1.07. The molecule has 0 aliphatic heterocycles. The summed E-state index contributed by atoms with van der Waals surface area (Å²) in [5, 5.41) is 10.5. The Hall–Kier alpha value is -8.76. The molecule has 0 saturated carbocycles. The minimum Gasteiger partial charge on any atom is -0.309 e. The molecule has 69 heavy (non-hydrogen) atoms. The number of para-hydroxylation sites is 1. The first kappa shape index (κ1) is 40.5. The van der Waals surface area contributed by atoms with E-state index in [9.17, 15) is 0 Å². The molecule has 0 N–H and O–H groups in total. The fraction of sp³-hybridized carbons (Fsp3) is 0. The molecule has 11 aromatic carbocycles. The lowest BCUT2D eigenvalue weighted by Gasteiger charge is -2.35. The lowest BCUT2D eigenvalue weighted by Crippen LogP contribution is -2.74. The van der Waals surface area contributed by atoms with Crippen LogP contribution < -0.4 is 20.7 Å². The highest BCUT2D eigenvalue weighted by atomic mass is 28.3. The summed E-state index contributed by atoms with van der Waals surface area (Å²) in [6.07, 6.45) is 0. The Morgan fingerprint density at radius 2 is 0.681 bits per heavy atom. The van der Waals surface area contributed by atoms with Crippen molar-refractivity contribution >= 4 is 72.4 Å². The van der Waals surface area contributed by atoms with Crippen molar-refractivity contribution in [3.8, 4) is 44.8 Å². The van der Waals surface area contributed by atoms with Crippen LogP contribution in [0.3, 0.4) is 0 Å². The van der Waals surface area contributed by atoms with Gasteiger partial charge in [-0.3, -0.25) is 0 Å². The van der Waals surface area contributed by atoms with Crippen LogP contribution in [0.15, 0.2) is 279 Å². The van der Waals surface area contributed by atoms with Gasteiger partial charge in [-0.15, -0.1) is 0 Å². The second-order valence-corrected chi connectivity index (χ2v) is 21.8. The summed E-state index contributed by atoms with van der Waals surface area (Å²) in [5.74, 6) is 0. The van der Waals surface area contributed by atoms with Crippen molar-refractivity contribution in [1.29, 1.82) is 0 Å². The summed E-state index contributed by atoms with van der Waals surface area (Å²) >= 11 is 0. The normalized spacial score (nSPS) is 11.8. The van der Waals surface area contributed by atoms with E-state index in [1.54, 1.807) is 0 Å². The van der Waals surface area contributed by atoms with Crippen LogP contribution in [-0.2, 0) is 0 Å². The third-order valence-corrected chi connectivity index (χ3v) is 19.1. The first-order chi connectivity index (χ1) is 34.3. The predicted molar refractivity (Wildman–Crippen MR) is 295 cm³/mol. The van der Waals surface area contributed by atoms with Crippen LogP contribution in [0.2, 0.25) is 0 Å². The number of rotatable bonds is 9. The predicted octanol–water partition coefficient (Wildman–Crippen LogP) is 14.3. The van der Waals surface area contributed by atoms with Gasteiger partial charge in [-0.2, -0.15) is 0 Å². The van der Waals surface area contributed by atoms with Gasteiger partial charge in [0.05, 0.1) is 22.1 Å². The fourth-order valence-electron chi connectivity index (χ4n) is 11.3. The van der Waals surface area contributed by atoms with Crippen LogP contribution in [0.5, 0.6) is 0 Å². The van der Waals surface area contributed by atoms with Gasteiger partial charge < -0.3 is 9.13 Å². The van der Waals surface area contributed by atoms with Gasteiger partial charge in [0.1, 0.15) is 0 Å². The molecule has 0 atom stereocenters. The molecule has 0 aliphatic rings. The van der Waals surface area contributed by atoms with Gasteiger partial charge in [-0.25, -0.2) is 0 Å². The van der Waals surface area contributed by atoms with E-state index in [0.29, 0.717) is 0 Å². The lowest BCUT2D eigenvalue weighted by atomic mass is 9.99. The Kier molecular flexibility index (Phi) is 9.88. The maximum absolute atomic E-state index is 2.89. The van der Waals surface area contributed by atoms with Crippen LogP contribution >= 0.6 is 0 Å². The van der Waals surface area contributed by atoms with E-state index in [-0.39, 0.29) is 0 Å². The lowest BCUT2D eigenvalue weighted by molar-refractivity contribution is 1.17. The first-order valence-electron chi connectivity index (χ1n) is 23.8.